The number of nitrogens with one attached hydrogen (secondary N) is 1. The fraction of sp³-hybridized carbons (Fsp3) is 0.333. The highest BCUT2D eigenvalue weighted by atomic mass is 32.2. The average Bonchev–Trinajstić information content (AvgIpc) is 2.76. The second kappa shape index (κ2) is 5.27. The molecule has 23 heavy (non-hydrogen) atoms. The van der Waals surface area contributed by atoms with Crippen LogP contribution in [0.1, 0.15) is 37.5 Å². The minimum absolute atomic E-state index is 0.0306. The molecular formula is C18H20N2O2S. The highest BCUT2D eigenvalue weighted by Crippen LogP contribution is 2.40. The molecule has 1 aromatic rings. The maximum absolute atomic E-state index is 11.7. The van der Waals surface area contributed by atoms with E-state index in [1.54, 1.807) is 6.08 Å². The number of nitrogens with zero attached hydrogens (tertiary/aromatic N) is 1. The van der Waals surface area contributed by atoms with Gasteiger partial charge in [-0.1, -0.05) is 6.08 Å². The first kappa shape index (κ1) is 15.9. The zero-order valence-corrected chi connectivity index (χ0v) is 14.8. The largest absolute Gasteiger partial charge is 0.365 e. The van der Waals surface area contributed by atoms with Crippen LogP contribution >= 0.6 is 11.8 Å². The predicted molar refractivity (Wildman–Crippen MR) is 96.4 cm³/mol. The molecule has 3 rings (SSSR count). The maximum Gasteiger partial charge on any atom is 0.290 e. The van der Waals surface area contributed by atoms with Crippen molar-refractivity contribution >= 4 is 40.2 Å². The van der Waals surface area contributed by atoms with E-state index in [1.807, 2.05) is 6.92 Å². The Balaban J connectivity index is 2.10. The van der Waals surface area contributed by atoms with E-state index < -0.39 is 0 Å². The van der Waals surface area contributed by atoms with Gasteiger partial charge in [0, 0.05) is 18.3 Å². The molecule has 1 N–H and O–H groups in total. The number of allylic oxidation sites excluding steroid dienone is 1. The summed E-state index contributed by atoms with van der Waals surface area (Å²) in [5.74, 6) is -0.317. The van der Waals surface area contributed by atoms with Gasteiger partial charge in [-0.2, -0.15) is 0 Å². The monoisotopic (exact) mass is 328 g/mol. The Kier molecular flexibility index (Phi) is 3.64. The van der Waals surface area contributed by atoms with E-state index in [0.29, 0.717) is 4.91 Å². The highest BCUT2D eigenvalue weighted by molar-refractivity contribution is 8.18. The van der Waals surface area contributed by atoms with E-state index in [1.165, 1.54) is 16.8 Å². The molecule has 0 bridgehead atoms. The molecule has 2 heterocycles. The summed E-state index contributed by atoms with van der Waals surface area (Å²) in [7, 11) is 2.10. The molecule has 0 atom stereocenters. The van der Waals surface area contributed by atoms with Gasteiger partial charge in [0.15, 0.2) is 0 Å². The Morgan fingerprint density at radius 3 is 2.52 bits per heavy atom. The van der Waals surface area contributed by atoms with Gasteiger partial charge in [-0.05, 0) is 74.4 Å². The predicted octanol–water partition coefficient (Wildman–Crippen LogP) is 3.95. The van der Waals surface area contributed by atoms with Crippen molar-refractivity contribution in [1.29, 1.82) is 0 Å². The van der Waals surface area contributed by atoms with E-state index >= 15 is 0 Å². The Morgan fingerprint density at radius 1 is 1.22 bits per heavy atom. The number of carbonyl (C=O) groups excluding carboxylic acids is 2. The maximum atomic E-state index is 11.7. The van der Waals surface area contributed by atoms with Gasteiger partial charge in [0.05, 0.1) is 10.4 Å². The molecule has 1 saturated heterocycles. The Labute approximate surface area is 140 Å². The van der Waals surface area contributed by atoms with E-state index in [9.17, 15) is 9.59 Å². The van der Waals surface area contributed by atoms with Crippen LogP contribution in [0.25, 0.3) is 11.6 Å². The summed E-state index contributed by atoms with van der Waals surface area (Å²) in [5, 5.41) is 1.98. The molecule has 0 spiro atoms. The van der Waals surface area contributed by atoms with Gasteiger partial charge in [-0.25, -0.2) is 0 Å². The normalized spacial score (nSPS) is 21.3. The van der Waals surface area contributed by atoms with Crippen LogP contribution in [0.3, 0.4) is 0 Å². The average molecular weight is 328 g/mol. The number of benzene rings is 1. The molecule has 0 radical (unpaired) electrons. The molecule has 0 unspecified atom stereocenters. The van der Waals surface area contributed by atoms with Gasteiger partial charge in [0.1, 0.15) is 0 Å². The second-order valence-electron chi connectivity index (χ2n) is 6.62. The number of carbonyl (C=O) groups is 2. The molecule has 2 aliphatic heterocycles. The molecule has 5 heteroatoms. The number of hydrogen-bond acceptors (Lipinski definition) is 4. The first-order valence-electron chi connectivity index (χ1n) is 7.52. The van der Waals surface area contributed by atoms with Gasteiger partial charge in [-0.15, -0.1) is 0 Å². The molecule has 1 fully saturated rings. The zero-order chi connectivity index (χ0) is 16.9. The van der Waals surface area contributed by atoms with Crippen molar-refractivity contribution in [1.82, 2.24) is 5.32 Å². The fourth-order valence-corrected chi connectivity index (χ4v) is 3.71. The highest BCUT2D eigenvalue weighted by Gasteiger charge is 2.29. The molecule has 1 aromatic carbocycles. The van der Waals surface area contributed by atoms with Gasteiger partial charge in [-0.3, -0.25) is 14.9 Å². The summed E-state index contributed by atoms with van der Waals surface area (Å²) < 4.78 is 0. The summed E-state index contributed by atoms with van der Waals surface area (Å²) in [6.45, 7) is 8.52. The number of amides is 2. The van der Waals surface area contributed by atoms with Crippen molar-refractivity contribution in [3.05, 3.63) is 39.8 Å². The van der Waals surface area contributed by atoms with E-state index in [-0.39, 0.29) is 16.7 Å². The van der Waals surface area contributed by atoms with Crippen molar-refractivity contribution in [3.63, 3.8) is 0 Å². The molecule has 4 nitrogen and oxygen atoms in total. The molecule has 2 amide bonds. The smallest absolute Gasteiger partial charge is 0.290 e. The zero-order valence-electron chi connectivity index (χ0n) is 14.0. The van der Waals surface area contributed by atoms with Crippen molar-refractivity contribution in [2.45, 2.75) is 33.2 Å². The molecule has 0 aromatic heterocycles. The lowest BCUT2D eigenvalue weighted by molar-refractivity contribution is -0.115. The number of rotatable bonds is 1. The first-order chi connectivity index (χ1) is 10.7. The SMILES string of the molecule is CC1=CC(C)(C)N(C)c2cc(C)c(/C=C3\SC(=O)NC3=O)cc21. The van der Waals surface area contributed by atoms with Crippen LogP contribution in [0.5, 0.6) is 0 Å². The van der Waals surface area contributed by atoms with Gasteiger partial charge in [0.2, 0.25) is 0 Å². The van der Waals surface area contributed by atoms with Gasteiger partial charge in [0.25, 0.3) is 11.1 Å². The van der Waals surface area contributed by atoms with Crippen LogP contribution in [0, 0.1) is 6.92 Å². The van der Waals surface area contributed by atoms with Gasteiger partial charge < -0.3 is 4.90 Å². The summed E-state index contributed by atoms with van der Waals surface area (Å²) >= 11 is 0.952. The minimum Gasteiger partial charge on any atom is -0.365 e. The van der Waals surface area contributed by atoms with Crippen LogP contribution in [0.2, 0.25) is 0 Å². The summed E-state index contributed by atoms with van der Waals surface area (Å²) in [6.07, 6.45) is 4.05. The van der Waals surface area contributed by atoms with Crippen LogP contribution < -0.4 is 10.2 Å². The van der Waals surface area contributed by atoms with Crippen LogP contribution in [0.4, 0.5) is 10.5 Å². The number of likely N-dealkylation sites (N-methyl/N-ethyl adjacent to an activating group) is 1. The van der Waals surface area contributed by atoms with Crippen LogP contribution in [-0.4, -0.2) is 23.7 Å². The lowest BCUT2D eigenvalue weighted by Crippen LogP contribution is -2.42. The Morgan fingerprint density at radius 2 is 1.91 bits per heavy atom. The third kappa shape index (κ3) is 2.70. The molecule has 120 valence electrons. The minimum atomic E-state index is -0.317. The lowest BCUT2D eigenvalue weighted by atomic mass is 9.87. The topological polar surface area (TPSA) is 49.4 Å². The number of anilines is 1. The second-order valence-corrected chi connectivity index (χ2v) is 7.63. The summed E-state index contributed by atoms with van der Waals surface area (Å²) in [6, 6.07) is 4.26. The molecule has 0 saturated carbocycles. The van der Waals surface area contributed by atoms with Crippen molar-refractivity contribution in [3.8, 4) is 0 Å². The molecular weight excluding hydrogens is 308 g/mol. The number of hydrogen-bond donors (Lipinski definition) is 1. The summed E-state index contributed by atoms with van der Waals surface area (Å²) in [4.78, 5) is 25.8. The van der Waals surface area contributed by atoms with E-state index in [2.05, 4.69) is 56.2 Å². The van der Waals surface area contributed by atoms with Crippen LogP contribution in [0.15, 0.2) is 23.1 Å². The van der Waals surface area contributed by atoms with E-state index in [4.69, 9.17) is 0 Å². The molecule has 0 aliphatic carbocycles. The third-order valence-electron chi connectivity index (χ3n) is 4.53. The first-order valence-corrected chi connectivity index (χ1v) is 8.34. The number of imide groups is 1. The standard InChI is InChI=1S/C18H20N2O2S/c1-10-6-14-13(11(2)9-18(3,4)20(14)5)7-12(10)8-15-16(21)19-17(22)23-15/h6-9H,1-5H3,(H,19,21,22)/b15-8-. The van der Waals surface area contributed by atoms with E-state index in [0.717, 1.165) is 22.9 Å². The Bertz CT molecular complexity index is 790. The Hall–Kier alpha value is -2.01. The number of fused-ring (bicyclic) bond motifs is 1. The fourth-order valence-electron chi connectivity index (χ4n) is 3.04. The number of thioether (sulfide) groups is 1. The lowest BCUT2D eigenvalue weighted by Gasteiger charge is -2.41. The van der Waals surface area contributed by atoms with Gasteiger partial charge >= 0.3 is 0 Å². The number of aryl methyl sites for hydroxylation is 1. The quantitative estimate of drug-likeness (QED) is 0.793. The summed E-state index contributed by atoms with van der Waals surface area (Å²) in [5.41, 5.74) is 5.60. The molecule has 2 aliphatic rings. The van der Waals surface area contributed by atoms with Crippen LogP contribution in [-0.2, 0) is 4.79 Å². The van der Waals surface area contributed by atoms with Crippen molar-refractivity contribution in [2.24, 2.45) is 0 Å². The third-order valence-corrected chi connectivity index (χ3v) is 5.34. The van der Waals surface area contributed by atoms with Crippen molar-refractivity contribution in [2.75, 3.05) is 11.9 Å². The van der Waals surface area contributed by atoms with Crippen molar-refractivity contribution < 1.29 is 9.59 Å².